The van der Waals surface area contributed by atoms with Crippen LogP contribution >= 0.6 is 24.6 Å². The fourth-order valence-electron chi connectivity index (χ4n) is 11.6. The highest BCUT2D eigenvalue weighted by molar-refractivity contribution is 8.00. The molecule has 5 fully saturated rings. The van der Waals surface area contributed by atoms with Gasteiger partial charge in [0.2, 0.25) is 23.6 Å². The zero-order valence-corrected chi connectivity index (χ0v) is 44.6. The number of carbonyl (C=O) groups is 7. The highest BCUT2D eigenvalue weighted by atomic mass is 32.2. The smallest absolute Gasteiger partial charge is 0.330 e. The Kier molecular flexibility index (Phi) is 17.9. The molecule has 1 aliphatic heterocycles. The summed E-state index contributed by atoms with van der Waals surface area (Å²) in [4.78, 5) is 98.2. The minimum Gasteiger partial charge on any atom is -0.496 e. The van der Waals surface area contributed by atoms with Crippen molar-refractivity contribution >= 4 is 66.0 Å². The lowest BCUT2D eigenvalue weighted by molar-refractivity contribution is -0.163. The molecule has 4 saturated carbocycles. The molecule has 8 rings (SSSR count). The summed E-state index contributed by atoms with van der Waals surface area (Å²) < 4.78 is 15.8. The van der Waals surface area contributed by atoms with Gasteiger partial charge in [-0.1, -0.05) is 32.7 Å². The Labute approximate surface area is 437 Å². The Balaban J connectivity index is 0.963. The first-order valence-electron chi connectivity index (χ1n) is 25.2. The number of thioether (sulfide) groups is 1. The van der Waals surface area contributed by atoms with Gasteiger partial charge in [0, 0.05) is 57.9 Å². The summed E-state index contributed by atoms with van der Waals surface area (Å²) in [6.07, 6.45) is 5.68. The van der Waals surface area contributed by atoms with E-state index < -0.39 is 34.6 Å². The fraction of sp³-hybridized carbons (Fsp3) is 0.577. The van der Waals surface area contributed by atoms with Crippen LogP contribution in [0, 0.1) is 23.7 Å². The third-order valence-corrected chi connectivity index (χ3v) is 17.0. The van der Waals surface area contributed by atoms with E-state index in [2.05, 4.69) is 27.8 Å². The van der Waals surface area contributed by atoms with Gasteiger partial charge in [-0.05, 0) is 137 Å². The van der Waals surface area contributed by atoms with Crippen molar-refractivity contribution in [2.45, 2.75) is 94.4 Å². The number of nitrogens with two attached hydrogens (primary N) is 1. The third kappa shape index (κ3) is 11.8. The van der Waals surface area contributed by atoms with Gasteiger partial charge in [0.25, 0.3) is 11.8 Å². The molecule has 19 nitrogen and oxygen atoms in total. The van der Waals surface area contributed by atoms with E-state index in [9.17, 15) is 38.7 Å². The molecular weight excluding hydrogens is 975 g/mol. The molecule has 1 saturated heterocycles. The van der Waals surface area contributed by atoms with Crippen LogP contribution in [-0.4, -0.2) is 167 Å². The summed E-state index contributed by atoms with van der Waals surface area (Å²) in [5, 5.41) is 18.2. The van der Waals surface area contributed by atoms with Crippen LogP contribution in [-0.2, 0) is 24.0 Å². The van der Waals surface area contributed by atoms with Crippen LogP contribution in [0.3, 0.4) is 0 Å². The molecule has 21 heteroatoms. The maximum absolute atomic E-state index is 14.5. The number of nitrogens with one attached hydrogen (secondary N) is 2. The van der Waals surface area contributed by atoms with Gasteiger partial charge >= 0.3 is 5.97 Å². The lowest BCUT2D eigenvalue weighted by Crippen LogP contribution is -2.70. The summed E-state index contributed by atoms with van der Waals surface area (Å²) in [5.74, 6) is -1.48. The van der Waals surface area contributed by atoms with Crippen molar-refractivity contribution in [2.75, 3.05) is 73.8 Å². The number of hydrogen-bond donors (Lipinski definition) is 5. The lowest BCUT2D eigenvalue weighted by Gasteiger charge is -2.59. The van der Waals surface area contributed by atoms with E-state index in [1.807, 2.05) is 33.0 Å². The monoisotopic (exact) mass is 1050 g/mol. The average molecular weight is 1050 g/mol. The molecule has 3 aromatic rings. The molecule has 2 heterocycles. The molecule has 5 aliphatic rings. The Hall–Kier alpha value is -5.64. The first-order valence-corrected chi connectivity index (χ1v) is 26.7. The number of aliphatic carboxylic acids is 1. The molecule has 1 aromatic heterocycles. The fourth-order valence-corrected chi connectivity index (χ4v) is 13.2. The Bertz CT molecular complexity index is 2520. The van der Waals surface area contributed by atoms with Crippen molar-refractivity contribution in [1.29, 1.82) is 0 Å². The topological polar surface area (TPSA) is 239 Å². The predicted octanol–water partition coefficient (Wildman–Crippen LogP) is 4.47. The van der Waals surface area contributed by atoms with Gasteiger partial charge < -0.3 is 40.3 Å². The normalized spacial score (nSPS) is 22.5. The number of likely N-dealkylation sites (tertiary alicyclic amines) is 1. The molecule has 0 radical (unpaired) electrons. The van der Waals surface area contributed by atoms with E-state index in [1.54, 1.807) is 73.1 Å². The van der Waals surface area contributed by atoms with Crippen LogP contribution < -0.4 is 25.2 Å². The van der Waals surface area contributed by atoms with Crippen molar-refractivity contribution in [3.63, 3.8) is 0 Å². The number of carboxylic acids is 1. The molecule has 4 bridgehead atoms. The van der Waals surface area contributed by atoms with E-state index in [4.69, 9.17) is 20.3 Å². The number of ether oxygens (including phenoxy) is 2. The van der Waals surface area contributed by atoms with Crippen molar-refractivity contribution in [3.05, 3.63) is 59.3 Å². The number of hydrogen-bond acceptors (Lipinski definition) is 14. The van der Waals surface area contributed by atoms with Gasteiger partial charge in [-0.2, -0.15) is 5.10 Å². The molecule has 6 amide bonds. The largest absolute Gasteiger partial charge is 0.496 e. The number of rotatable bonds is 25. The standard InChI is InChI=1S/C52H71N9O10S2/c1-30(2)36-26-33(49(66)59(5)19-10-17-57(3)16-9-18-58(4)44(62)15-20-60-45(63)28-43(50(60)67)73-29-38(56-72)47(53)64)13-14-39(36)61-40(46-41(70-6)11-8-12-42(46)71-7)27-37(55-61)48(65)54-52(51(68)69)34-22-31-21-32(24-34)25-35(52)23-31/h8,11-14,26-27,30-32,34-35,38,43,56,72H,9-10,15-25,28-29H2,1-7H3,(H2,53,64)(H,54,65)(H,68,69). The van der Waals surface area contributed by atoms with E-state index in [-0.39, 0.29) is 72.2 Å². The second-order valence-corrected chi connectivity index (χ2v) is 22.0. The SMILES string of the molecule is COc1cccc(OC)c1-c1cc(C(=O)NC2(C(=O)O)C3CC4CC(C3)CC2C4)nn1-c1ccc(C(=O)N(C)CCCN(C)CCCN(C)C(=O)CCN2C(=O)CC(SCC(NS)C(N)=O)C2=O)cc1C(C)C. The summed E-state index contributed by atoms with van der Waals surface area (Å²) in [6, 6.07) is 11.8. The van der Waals surface area contributed by atoms with Gasteiger partial charge in [0.05, 0.1) is 36.4 Å². The minimum atomic E-state index is -1.37. The summed E-state index contributed by atoms with van der Waals surface area (Å²) in [7, 11) is 8.56. The first kappa shape index (κ1) is 55.1. The zero-order chi connectivity index (χ0) is 52.9. The van der Waals surface area contributed by atoms with E-state index >= 15 is 0 Å². The van der Waals surface area contributed by atoms with Crippen molar-refractivity contribution in [3.8, 4) is 28.4 Å². The van der Waals surface area contributed by atoms with Crippen molar-refractivity contribution in [1.82, 2.24) is 39.4 Å². The van der Waals surface area contributed by atoms with Crippen molar-refractivity contribution < 1.29 is 48.1 Å². The lowest BCUT2D eigenvalue weighted by atomic mass is 9.48. The van der Waals surface area contributed by atoms with Crippen LogP contribution in [0.4, 0.5) is 0 Å². The maximum Gasteiger partial charge on any atom is 0.330 e. The third-order valence-electron chi connectivity index (χ3n) is 15.4. The number of aromatic nitrogens is 2. The molecule has 2 unspecified atom stereocenters. The summed E-state index contributed by atoms with van der Waals surface area (Å²) >= 11 is 5.05. The number of amides is 6. The van der Waals surface area contributed by atoms with Crippen LogP contribution in [0.5, 0.6) is 11.5 Å². The number of carbonyl (C=O) groups excluding carboxylic acids is 6. The molecular formula is C52H71N9O10S2. The number of thiol groups is 1. The van der Waals surface area contributed by atoms with E-state index in [0.29, 0.717) is 84.9 Å². The van der Waals surface area contributed by atoms with Gasteiger partial charge in [0.15, 0.2) is 5.69 Å². The van der Waals surface area contributed by atoms with Gasteiger partial charge in [-0.3, -0.25) is 38.4 Å². The Morgan fingerprint density at radius 1 is 0.904 bits per heavy atom. The number of imide groups is 1. The maximum atomic E-state index is 14.5. The minimum absolute atomic E-state index is 0.00366. The summed E-state index contributed by atoms with van der Waals surface area (Å²) in [5.41, 5.74) is 6.97. The van der Waals surface area contributed by atoms with Gasteiger partial charge in [-0.25, -0.2) is 9.48 Å². The van der Waals surface area contributed by atoms with Crippen LogP contribution in [0.15, 0.2) is 42.5 Å². The van der Waals surface area contributed by atoms with Gasteiger partial charge in [-0.15, -0.1) is 11.8 Å². The predicted molar refractivity (Wildman–Crippen MR) is 280 cm³/mol. The van der Waals surface area contributed by atoms with Crippen LogP contribution in [0.25, 0.3) is 16.9 Å². The number of benzene rings is 2. The van der Waals surface area contributed by atoms with E-state index in [0.717, 1.165) is 54.3 Å². The van der Waals surface area contributed by atoms with Gasteiger partial charge in [0.1, 0.15) is 23.1 Å². The molecule has 2 aromatic carbocycles. The molecule has 0 spiro atoms. The molecule has 5 N–H and O–H groups in total. The quantitative estimate of drug-likeness (QED) is 0.0582. The number of nitrogens with zero attached hydrogens (tertiary/aromatic N) is 6. The zero-order valence-electron chi connectivity index (χ0n) is 42.9. The Morgan fingerprint density at radius 2 is 1.52 bits per heavy atom. The first-order chi connectivity index (χ1) is 34.8. The molecule has 2 atom stereocenters. The van der Waals surface area contributed by atoms with Crippen LogP contribution in [0.2, 0.25) is 0 Å². The highest BCUT2D eigenvalue weighted by Gasteiger charge is 2.62. The number of carboxylic acid groups (broad SMARTS) is 1. The average Bonchev–Trinajstić information content (AvgIpc) is 3.92. The molecule has 396 valence electrons. The molecule has 4 aliphatic carbocycles. The Morgan fingerprint density at radius 3 is 2.08 bits per heavy atom. The van der Waals surface area contributed by atoms with Crippen molar-refractivity contribution in [2.24, 2.45) is 29.4 Å². The number of primary amides is 1. The summed E-state index contributed by atoms with van der Waals surface area (Å²) in [6.45, 7) is 6.40. The number of methoxy groups -OCH3 is 2. The molecule has 73 heavy (non-hydrogen) atoms. The second-order valence-electron chi connectivity index (χ2n) is 20.5. The second kappa shape index (κ2) is 23.7. The van der Waals surface area contributed by atoms with Crippen LogP contribution in [0.1, 0.15) is 104 Å². The van der Waals surface area contributed by atoms with E-state index in [1.165, 1.54) is 0 Å². The highest BCUT2D eigenvalue weighted by Crippen LogP contribution is 2.58.